The summed E-state index contributed by atoms with van der Waals surface area (Å²) in [5.74, 6) is -0.588. The number of aldehydes is 1. The van der Waals surface area contributed by atoms with E-state index in [1.807, 2.05) is 0 Å². The molecular weight excluding hydrogens is 196 g/mol. The second kappa shape index (κ2) is 4.95. The van der Waals surface area contributed by atoms with Crippen molar-refractivity contribution in [2.24, 2.45) is 0 Å². The van der Waals surface area contributed by atoms with Crippen LogP contribution in [0.15, 0.2) is 24.3 Å². The van der Waals surface area contributed by atoms with Gasteiger partial charge in [0.15, 0.2) is 0 Å². The summed E-state index contributed by atoms with van der Waals surface area (Å²) in [5, 5.41) is 8.91. The van der Waals surface area contributed by atoms with Crippen LogP contribution in [0.25, 0.3) is 6.08 Å². The summed E-state index contributed by atoms with van der Waals surface area (Å²) in [4.78, 5) is 21.0. The number of hydrogen-bond acceptors (Lipinski definition) is 3. The number of benzene rings is 1. The zero-order chi connectivity index (χ0) is 11.3. The Morgan fingerprint density at radius 2 is 2.20 bits per heavy atom. The van der Waals surface area contributed by atoms with Crippen LogP contribution in [0, 0.1) is 0 Å². The zero-order valence-corrected chi connectivity index (χ0v) is 8.14. The van der Waals surface area contributed by atoms with Gasteiger partial charge in [-0.15, -0.1) is 0 Å². The first kappa shape index (κ1) is 11.0. The van der Waals surface area contributed by atoms with E-state index >= 15 is 0 Å². The smallest absolute Gasteiger partial charge is 0.336 e. The Balaban J connectivity index is 3.20. The van der Waals surface area contributed by atoms with E-state index in [0.717, 1.165) is 0 Å². The van der Waals surface area contributed by atoms with E-state index in [1.165, 1.54) is 25.3 Å². The molecule has 0 saturated heterocycles. The number of methoxy groups -OCH3 is 1. The third kappa shape index (κ3) is 2.67. The Morgan fingerprint density at radius 3 is 2.73 bits per heavy atom. The molecule has 15 heavy (non-hydrogen) atoms. The largest absolute Gasteiger partial charge is 0.497 e. The molecule has 4 nitrogen and oxygen atoms in total. The van der Waals surface area contributed by atoms with Crippen LogP contribution >= 0.6 is 0 Å². The predicted octanol–water partition coefficient (Wildman–Crippen LogP) is 1.61. The summed E-state index contributed by atoms with van der Waals surface area (Å²) >= 11 is 0. The fourth-order valence-corrected chi connectivity index (χ4v) is 1.14. The Kier molecular flexibility index (Phi) is 3.62. The molecule has 0 bridgehead atoms. The van der Waals surface area contributed by atoms with Crippen molar-refractivity contribution in [3.05, 3.63) is 35.4 Å². The topological polar surface area (TPSA) is 63.6 Å². The molecule has 0 amide bonds. The quantitative estimate of drug-likeness (QED) is 0.600. The normalized spacial score (nSPS) is 10.2. The minimum atomic E-state index is -1.06. The van der Waals surface area contributed by atoms with Gasteiger partial charge in [-0.3, -0.25) is 4.79 Å². The Morgan fingerprint density at radius 1 is 1.47 bits per heavy atom. The number of ether oxygens (including phenoxy) is 1. The first-order valence-electron chi connectivity index (χ1n) is 4.22. The van der Waals surface area contributed by atoms with Crippen LogP contribution in [-0.4, -0.2) is 24.5 Å². The van der Waals surface area contributed by atoms with Gasteiger partial charge in [0.2, 0.25) is 0 Å². The van der Waals surface area contributed by atoms with Gasteiger partial charge in [0.1, 0.15) is 12.0 Å². The van der Waals surface area contributed by atoms with Crippen molar-refractivity contribution >= 4 is 18.3 Å². The van der Waals surface area contributed by atoms with Crippen LogP contribution in [0.4, 0.5) is 0 Å². The van der Waals surface area contributed by atoms with Gasteiger partial charge in [0, 0.05) is 0 Å². The van der Waals surface area contributed by atoms with E-state index in [0.29, 0.717) is 17.6 Å². The third-order valence-corrected chi connectivity index (χ3v) is 1.85. The fourth-order valence-electron chi connectivity index (χ4n) is 1.14. The first-order chi connectivity index (χ1) is 7.19. The van der Waals surface area contributed by atoms with E-state index in [9.17, 15) is 9.59 Å². The van der Waals surface area contributed by atoms with Crippen molar-refractivity contribution < 1.29 is 19.4 Å². The van der Waals surface area contributed by atoms with Crippen molar-refractivity contribution in [3.8, 4) is 5.75 Å². The predicted molar refractivity (Wildman–Crippen MR) is 55.1 cm³/mol. The summed E-state index contributed by atoms with van der Waals surface area (Å²) in [5.41, 5.74) is 0.572. The summed E-state index contributed by atoms with van der Waals surface area (Å²) < 4.78 is 4.91. The molecule has 1 N–H and O–H groups in total. The molecule has 0 unspecified atom stereocenters. The highest BCUT2D eigenvalue weighted by molar-refractivity contribution is 5.93. The van der Waals surface area contributed by atoms with Crippen LogP contribution in [0.5, 0.6) is 5.75 Å². The SMILES string of the molecule is COc1ccc(C=CC=O)c(C(=O)O)c1. The summed E-state index contributed by atoms with van der Waals surface area (Å²) in [7, 11) is 1.46. The number of carboxylic acids is 1. The molecule has 0 radical (unpaired) electrons. The number of carbonyl (C=O) groups excluding carboxylic acids is 1. The minimum absolute atomic E-state index is 0.104. The van der Waals surface area contributed by atoms with Gasteiger partial charge >= 0.3 is 5.97 Å². The molecule has 0 atom stereocenters. The number of rotatable bonds is 4. The van der Waals surface area contributed by atoms with Crippen molar-refractivity contribution in [3.63, 3.8) is 0 Å². The van der Waals surface area contributed by atoms with Crippen molar-refractivity contribution in [2.75, 3.05) is 7.11 Å². The number of allylic oxidation sites excluding steroid dienone is 1. The summed E-state index contributed by atoms with van der Waals surface area (Å²) in [6.07, 6.45) is 3.28. The number of carboxylic acid groups (broad SMARTS) is 1. The molecule has 78 valence electrons. The highest BCUT2D eigenvalue weighted by atomic mass is 16.5. The minimum Gasteiger partial charge on any atom is -0.497 e. The van der Waals surface area contributed by atoms with Gasteiger partial charge in [-0.1, -0.05) is 12.1 Å². The molecule has 1 aromatic rings. The van der Waals surface area contributed by atoms with Crippen molar-refractivity contribution in [2.45, 2.75) is 0 Å². The van der Waals surface area contributed by atoms with E-state index in [4.69, 9.17) is 9.84 Å². The van der Waals surface area contributed by atoms with E-state index in [-0.39, 0.29) is 5.56 Å². The maximum Gasteiger partial charge on any atom is 0.336 e. The van der Waals surface area contributed by atoms with E-state index in [1.54, 1.807) is 12.1 Å². The Labute approximate surface area is 86.8 Å². The number of hydrogen-bond donors (Lipinski definition) is 1. The van der Waals surface area contributed by atoms with Gasteiger partial charge in [-0.25, -0.2) is 4.79 Å². The van der Waals surface area contributed by atoms with Gasteiger partial charge < -0.3 is 9.84 Å². The lowest BCUT2D eigenvalue weighted by molar-refractivity contribution is -0.104. The van der Waals surface area contributed by atoms with Gasteiger partial charge in [0.05, 0.1) is 12.7 Å². The molecular formula is C11H10O4. The van der Waals surface area contributed by atoms with Gasteiger partial charge in [0.25, 0.3) is 0 Å². The molecule has 0 fully saturated rings. The molecule has 0 heterocycles. The average molecular weight is 206 g/mol. The molecule has 0 aliphatic heterocycles. The van der Waals surface area contributed by atoms with E-state index in [2.05, 4.69) is 0 Å². The second-order valence-electron chi connectivity index (χ2n) is 2.75. The highest BCUT2D eigenvalue weighted by Crippen LogP contribution is 2.18. The molecule has 0 saturated carbocycles. The molecule has 0 aromatic heterocycles. The maximum atomic E-state index is 10.9. The molecule has 0 aliphatic rings. The standard InChI is InChI=1S/C11H10O4/c1-15-9-5-4-8(3-2-6-12)10(7-9)11(13)14/h2-7H,1H3,(H,13,14). The molecule has 0 spiro atoms. The van der Waals surface area contributed by atoms with Crippen molar-refractivity contribution in [1.82, 2.24) is 0 Å². The highest BCUT2D eigenvalue weighted by Gasteiger charge is 2.08. The Hall–Kier alpha value is -2.10. The fraction of sp³-hybridized carbons (Fsp3) is 0.0909. The summed E-state index contributed by atoms with van der Waals surface area (Å²) in [6.45, 7) is 0. The first-order valence-corrected chi connectivity index (χ1v) is 4.22. The molecule has 1 rings (SSSR count). The van der Waals surface area contributed by atoms with Crippen LogP contribution in [0.3, 0.4) is 0 Å². The van der Waals surface area contributed by atoms with Crippen LogP contribution in [-0.2, 0) is 4.79 Å². The average Bonchev–Trinajstić information content (AvgIpc) is 2.26. The van der Waals surface area contributed by atoms with E-state index < -0.39 is 5.97 Å². The third-order valence-electron chi connectivity index (χ3n) is 1.85. The lowest BCUT2D eigenvalue weighted by Crippen LogP contribution is -2.00. The molecule has 4 heteroatoms. The molecule has 1 aromatic carbocycles. The van der Waals surface area contributed by atoms with Crippen LogP contribution in [0.1, 0.15) is 15.9 Å². The Bertz CT molecular complexity index is 407. The van der Waals surface area contributed by atoms with Crippen LogP contribution in [0.2, 0.25) is 0 Å². The monoisotopic (exact) mass is 206 g/mol. The van der Waals surface area contributed by atoms with Crippen LogP contribution < -0.4 is 4.74 Å². The number of aromatic carboxylic acids is 1. The lowest BCUT2D eigenvalue weighted by atomic mass is 10.1. The second-order valence-corrected chi connectivity index (χ2v) is 2.75. The lowest BCUT2D eigenvalue weighted by Gasteiger charge is -2.04. The summed E-state index contributed by atoms with van der Waals surface area (Å²) in [6, 6.07) is 4.63. The number of carbonyl (C=O) groups is 2. The zero-order valence-electron chi connectivity index (χ0n) is 8.14. The maximum absolute atomic E-state index is 10.9. The van der Waals surface area contributed by atoms with Gasteiger partial charge in [-0.05, 0) is 23.8 Å². The van der Waals surface area contributed by atoms with Gasteiger partial charge in [-0.2, -0.15) is 0 Å². The van der Waals surface area contributed by atoms with Crippen molar-refractivity contribution in [1.29, 1.82) is 0 Å². The molecule has 0 aliphatic carbocycles.